The fourth-order valence-corrected chi connectivity index (χ4v) is 3.23. The number of carbonyl (C=O) groups excluding carboxylic acids is 1. The van der Waals surface area contributed by atoms with Crippen LogP contribution in [0.4, 0.5) is 0 Å². The molecular weight excluding hydrogens is 378 g/mol. The third kappa shape index (κ3) is 4.21. The number of hydrogen-bond acceptors (Lipinski definition) is 5. The molecule has 1 aromatic rings. The average Bonchev–Trinajstić information content (AvgIpc) is 2.68. The average molecular weight is 400 g/mol. The number of primary amides is 1. The van der Waals surface area contributed by atoms with Crippen LogP contribution in [0.15, 0.2) is 57.5 Å². The summed E-state index contributed by atoms with van der Waals surface area (Å²) in [5.41, 5.74) is 7.64. The molecule has 0 radical (unpaired) electrons. The lowest BCUT2D eigenvalue weighted by Gasteiger charge is -2.37. The lowest BCUT2D eigenvalue weighted by Crippen LogP contribution is -2.49. The van der Waals surface area contributed by atoms with E-state index >= 15 is 0 Å². The van der Waals surface area contributed by atoms with Crippen molar-refractivity contribution in [3.8, 4) is 0 Å². The van der Waals surface area contributed by atoms with Crippen molar-refractivity contribution >= 4 is 40.2 Å². The van der Waals surface area contributed by atoms with E-state index in [2.05, 4.69) is 33.4 Å². The predicted molar refractivity (Wildman–Crippen MR) is 113 cm³/mol. The second kappa shape index (κ2) is 8.50. The van der Waals surface area contributed by atoms with Crippen LogP contribution < -0.4 is 5.73 Å². The van der Waals surface area contributed by atoms with Crippen LogP contribution in [0.25, 0.3) is 5.70 Å². The molecule has 1 amide bonds. The Morgan fingerprint density at radius 1 is 1.43 bits per heavy atom. The van der Waals surface area contributed by atoms with Gasteiger partial charge in [0.2, 0.25) is 11.2 Å². The highest BCUT2D eigenvalue weighted by Crippen LogP contribution is 2.22. The number of halogens is 1. The van der Waals surface area contributed by atoms with Crippen molar-refractivity contribution in [2.24, 2.45) is 20.7 Å². The standard InChI is InChI=1S/C20H22ClN5O2/c1-4-16-18(23-13(3)14-6-5-7-15(10-14)17(22)27)24-20(21)25-19(16)26-8-9-28-11-12(26)2/h4-7,10,12H,3,8-9,11H2,1-2H3,(H2,22,27)/b16-4+,23-18+/t12-/m0/s1. The number of amides is 1. The summed E-state index contributed by atoms with van der Waals surface area (Å²) in [5.74, 6) is 0.632. The summed E-state index contributed by atoms with van der Waals surface area (Å²) in [4.78, 5) is 26.9. The Kier molecular flexibility index (Phi) is 6.06. The monoisotopic (exact) mass is 399 g/mol. The Morgan fingerprint density at radius 3 is 2.86 bits per heavy atom. The molecule has 8 heteroatoms. The molecule has 2 aliphatic heterocycles. The fourth-order valence-electron chi connectivity index (χ4n) is 3.07. The topological polar surface area (TPSA) is 92.6 Å². The Labute approximate surface area is 169 Å². The molecule has 1 aromatic carbocycles. The summed E-state index contributed by atoms with van der Waals surface area (Å²) in [6.07, 6.45) is 1.90. The normalized spacial score (nSPS) is 22.8. The number of nitrogens with zero attached hydrogens (tertiary/aromatic N) is 4. The van der Waals surface area contributed by atoms with E-state index in [0.717, 1.165) is 11.4 Å². The summed E-state index contributed by atoms with van der Waals surface area (Å²) in [7, 11) is 0. The Hall–Kier alpha value is -2.77. The zero-order valence-electron chi connectivity index (χ0n) is 15.9. The maximum Gasteiger partial charge on any atom is 0.248 e. The maximum atomic E-state index is 11.4. The lowest BCUT2D eigenvalue weighted by molar-refractivity contribution is 0.0335. The van der Waals surface area contributed by atoms with Crippen LogP contribution in [-0.2, 0) is 4.74 Å². The number of ether oxygens (including phenoxy) is 1. The molecular formula is C20H22ClN5O2. The second-order valence-corrected chi connectivity index (χ2v) is 6.80. The highest BCUT2D eigenvalue weighted by molar-refractivity contribution is 6.67. The predicted octanol–water partition coefficient (Wildman–Crippen LogP) is 2.83. The first-order valence-electron chi connectivity index (χ1n) is 8.93. The molecule has 1 fully saturated rings. The van der Waals surface area contributed by atoms with Gasteiger partial charge in [-0.25, -0.2) is 4.99 Å². The van der Waals surface area contributed by atoms with Gasteiger partial charge in [0.1, 0.15) is 5.84 Å². The minimum absolute atomic E-state index is 0.108. The molecule has 2 aliphatic rings. The first-order valence-corrected chi connectivity index (χ1v) is 9.30. The van der Waals surface area contributed by atoms with Gasteiger partial charge in [0.05, 0.1) is 30.5 Å². The summed E-state index contributed by atoms with van der Waals surface area (Å²) in [6.45, 7) is 9.92. The van der Waals surface area contributed by atoms with Crippen molar-refractivity contribution in [1.82, 2.24) is 4.90 Å². The zero-order chi connectivity index (χ0) is 20.3. The Balaban J connectivity index is 1.95. The minimum Gasteiger partial charge on any atom is -0.377 e. The molecule has 3 rings (SSSR count). The van der Waals surface area contributed by atoms with Crippen molar-refractivity contribution < 1.29 is 9.53 Å². The first-order chi connectivity index (χ1) is 13.4. The van der Waals surface area contributed by atoms with Gasteiger partial charge in [-0.1, -0.05) is 24.8 Å². The van der Waals surface area contributed by atoms with Crippen molar-refractivity contribution in [2.75, 3.05) is 19.8 Å². The van der Waals surface area contributed by atoms with Crippen LogP contribution >= 0.6 is 11.6 Å². The molecule has 0 unspecified atom stereocenters. The molecule has 146 valence electrons. The summed E-state index contributed by atoms with van der Waals surface area (Å²) < 4.78 is 5.52. The van der Waals surface area contributed by atoms with E-state index in [9.17, 15) is 4.79 Å². The number of nitrogens with two attached hydrogens (primary N) is 1. The van der Waals surface area contributed by atoms with Crippen molar-refractivity contribution in [3.63, 3.8) is 0 Å². The number of hydrogen-bond donors (Lipinski definition) is 1. The summed E-state index contributed by atoms with van der Waals surface area (Å²) >= 11 is 6.20. The Bertz CT molecular complexity index is 932. The van der Waals surface area contributed by atoms with E-state index in [1.165, 1.54) is 0 Å². The van der Waals surface area contributed by atoms with Crippen molar-refractivity contribution in [1.29, 1.82) is 0 Å². The van der Waals surface area contributed by atoms with E-state index in [4.69, 9.17) is 22.1 Å². The molecule has 2 heterocycles. The number of allylic oxidation sites excluding steroid dienone is 1. The lowest BCUT2D eigenvalue weighted by atomic mass is 10.1. The van der Waals surface area contributed by atoms with Gasteiger partial charge in [0.25, 0.3) is 0 Å². The highest BCUT2D eigenvalue weighted by atomic mass is 35.5. The molecule has 0 aliphatic carbocycles. The van der Waals surface area contributed by atoms with Crippen LogP contribution in [0.5, 0.6) is 0 Å². The molecule has 0 spiro atoms. The van der Waals surface area contributed by atoms with E-state index in [0.29, 0.717) is 42.4 Å². The number of rotatable bonds is 3. The number of amidine groups is 3. The molecule has 0 aromatic heterocycles. The molecule has 7 nitrogen and oxygen atoms in total. The van der Waals surface area contributed by atoms with Gasteiger partial charge in [0, 0.05) is 17.7 Å². The zero-order valence-corrected chi connectivity index (χ0v) is 16.6. The molecule has 2 N–H and O–H groups in total. The molecule has 1 saturated heterocycles. The third-order valence-corrected chi connectivity index (χ3v) is 4.70. The molecule has 28 heavy (non-hydrogen) atoms. The number of aliphatic imine (C=N–C) groups is 3. The molecule has 1 atom stereocenters. The van der Waals surface area contributed by atoms with Crippen molar-refractivity contribution in [2.45, 2.75) is 19.9 Å². The van der Waals surface area contributed by atoms with Gasteiger partial charge in [-0.2, -0.15) is 9.98 Å². The number of carbonyl (C=O) groups is 1. The van der Waals surface area contributed by atoms with Crippen LogP contribution in [0, 0.1) is 0 Å². The van der Waals surface area contributed by atoms with Crippen LogP contribution in [0.3, 0.4) is 0 Å². The molecule has 0 bridgehead atoms. The third-order valence-electron chi connectivity index (χ3n) is 4.53. The van der Waals surface area contributed by atoms with Crippen LogP contribution in [0.2, 0.25) is 0 Å². The SMILES string of the molecule is C=C(/N=C1/N=C(Cl)N=C(N2CCOC[C@@H]2C)/C1=C/C)c1cccc(C(N)=O)c1. The largest absolute Gasteiger partial charge is 0.377 e. The molecule has 0 saturated carbocycles. The minimum atomic E-state index is -0.508. The maximum absolute atomic E-state index is 11.4. The van der Waals surface area contributed by atoms with Gasteiger partial charge >= 0.3 is 0 Å². The second-order valence-electron chi connectivity index (χ2n) is 6.46. The summed E-state index contributed by atoms with van der Waals surface area (Å²) in [5, 5.41) is 0.108. The fraction of sp³-hybridized carbons (Fsp3) is 0.300. The Morgan fingerprint density at radius 2 is 2.18 bits per heavy atom. The van der Waals surface area contributed by atoms with Crippen LogP contribution in [0.1, 0.15) is 29.8 Å². The first kappa shape index (κ1) is 20.0. The number of morpholine rings is 1. The van der Waals surface area contributed by atoms with Crippen LogP contribution in [-0.4, -0.2) is 53.6 Å². The van der Waals surface area contributed by atoms with Crippen molar-refractivity contribution in [3.05, 3.63) is 53.6 Å². The number of benzene rings is 1. The van der Waals surface area contributed by atoms with E-state index in [1.807, 2.05) is 13.0 Å². The van der Waals surface area contributed by atoms with Gasteiger partial charge in [-0.15, -0.1) is 0 Å². The van der Waals surface area contributed by atoms with Gasteiger partial charge in [-0.05, 0) is 37.6 Å². The van der Waals surface area contributed by atoms with E-state index < -0.39 is 5.91 Å². The summed E-state index contributed by atoms with van der Waals surface area (Å²) in [6, 6.07) is 6.99. The van der Waals surface area contributed by atoms with Gasteiger partial charge in [0.15, 0.2) is 5.84 Å². The van der Waals surface area contributed by atoms with E-state index in [1.54, 1.807) is 24.3 Å². The van der Waals surface area contributed by atoms with E-state index in [-0.39, 0.29) is 11.3 Å². The highest BCUT2D eigenvalue weighted by Gasteiger charge is 2.29. The quantitative estimate of drug-likeness (QED) is 0.792. The van der Waals surface area contributed by atoms with Gasteiger partial charge in [-0.3, -0.25) is 4.79 Å². The smallest absolute Gasteiger partial charge is 0.248 e. The van der Waals surface area contributed by atoms with Gasteiger partial charge < -0.3 is 15.4 Å².